The number of nitrogens with zero attached hydrogens (tertiary/aromatic N) is 1. The van der Waals surface area contributed by atoms with Crippen molar-refractivity contribution in [2.24, 2.45) is 5.92 Å². The minimum atomic E-state index is -0.466. The molecule has 1 aliphatic carbocycles. The number of carbonyl (C=O) groups excluding carboxylic acids is 1. The standard InChI is InChI=1S/C15H20F2N2O/c1-10(11-3-4-11)19(2)15(20)18-8-7-12-9-13(16)5-6-14(12)17/h5-6,9-11H,3-4,7-8H2,1-2H3,(H,18,20)/t10-/m0/s1. The van der Waals surface area contributed by atoms with Crippen LogP contribution < -0.4 is 5.32 Å². The van der Waals surface area contributed by atoms with Crippen LogP contribution in [0.25, 0.3) is 0 Å². The molecule has 1 fully saturated rings. The third-order valence-electron chi connectivity index (χ3n) is 3.91. The summed E-state index contributed by atoms with van der Waals surface area (Å²) in [6, 6.07) is 3.41. The van der Waals surface area contributed by atoms with Gasteiger partial charge < -0.3 is 10.2 Å². The van der Waals surface area contributed by atoms with E-state index in [1.807, 2.05) is 6.92 Å². The van der Waals surface area contributed by atoms with Crippen LogP contribution in [0.4, 0.5) is 13.6 Å². The second-order valence-electron chi connectivity index (χ2n) is 5.41. The SMILES string of the molecule is C[C@@H](C1CC1)N(C)C(=O)NCCc1cc(F)ccc1F. The zero-order valence-corrected chi connectivity index (χ0v) is 11.8. The molecule has 1 aromatic carbocycles. The molecule has 0 saturated heterocycles. The number of amides is 2. The summed E-state index contributed by atoms with van der Waals surface area (Å²) in [5.74, 6) is -0.307. The van der Waals surface area contributed by atoms with Gasteiger partial charge in [0, 0.05) is 19.6 Å². The van der Waals surface area contributed by atoms with E-state index < -0.39 is 11.6 Å². The first kappa shape index (κ1) is 14.8. The molecule has 2 rings (SSSR count). The normalized spacial score (nSPS) is 15.8. The highest BCUT2D eigenvalue weighted by molar-refractivity contribution is 5.74. The lowest BCUT2D eigenvalue weighted by Gasteiger charge is -2.25. The van der Waals surface area contributed by atoms with Gasteiger partial charge in [0.15, 0.2) is 0 Å². The molecule has 3 nitrogen and oxygen atoms in total. The lowest BCUT2D eigenvalue weighted by molar-refractivity contribution is 0.188. The maximum absolute atomic E-state index is 13.4. The summed E-state index contributed by atoms with van der Waals surface area (Å²) in [6.45, 7) is 2.32. The van der Waals surface area contributed by atoms with Crippen LogP contribution in [0.3, 0.4) is 0 Å². The maximum Gasteiger partial charge on any atom is 0.317 e. The second kappa shape index (κ2) is 6.20. The Hall–Kier alpha value is -1.65. The van der Waals surface area contributed by atoms with Crippen molar-refractivity contribution in [1.82, 2.24) is 10.2 Å². The second-order valence-corrected chi connectivity index (χ2v) is 5.41. The van der Waals surface area contributed by atoms with Crippen molar-refractivity contribution in [2.75, 3.05) is 13.6 Å². The Morgan fingerprint density at radius 2 is 2.15 bits per heavy atom. The molecule has 1 aromatic rings. The molecule has 2 amide bonds. The van der Waals surface area contributed by atoms with Crippen LogP contribution in [-0.2, 0) is 6.42 Å². The molecule has 0 aromatic heterocycles. The number of nitrogens with one attached hydrogen (secondary N) is 1. The van der Waals surface area contributed by atoms with Crippen LogP contribution in [0.2, 0.25) is 0 Å². The van der Waals surface area contributed by atoms with Gasteiger partial charge in [0.2, 0.25) is 0 Å². The molecule has 20 heavy (non-hydrogen) atoms. The summed E-state index contributed by atoms with van der Waals surface area (Å²) in [6.07, 6.45) is 2.63. The Kier molecular flexibility index (Phi) is 4.57. The number of halogens is 2. The van der Waals surface area contributed by atoms with Crippen molar-refractivity contribution < 1.29 is 13.6 Å². The first-order valence-corrected chi connectivity index (χ1v) is 6.93. The molecule has 0 bridgehead atoms. The predicted octanol–water partition coefficient (Wildman–Crippen LogP) is 2.95. The van der Waals surface area contributed by atoms with Gasteiger partial charge in [-0.15, -0.1) is 0 Å². The Labute approximate surface area is 118 Å². The quantitative estimate of drug-likeness (QED) is 0.884. The molecule has 1 atom stereocenters. The zero-order chi connectivity index (χ0) is 14.7. The van der Waals surface area contributed by atoms with Crippen LogP contribution in [0, 0.1) is 17.6 Å². The van der Waals surface area contributed by atoms with Crippen LogP contribution in [0.15, 0.2) is 18.2 Å². The summed E-state index contributed by atoms with van der Waals surface area (Å²) in [5.41, 5.74) is 0.281. The zero-order valence-electron chi connectivity index (χ0n) is 11.8. The molecule has 0 heterocycles. The third-order valence-corrected chi connectivity index (χ3v) is 3.91. The van der Waals surface area contributed by atoms with Crippen molar-refractivity contribution in [3.05, 3.63) is 35.4 Å². The highest BCUT2D eigenvalue weighted by Gasteiger charge is 2.32. The Morgan fingerprint density at radius 3 is 2.80 bits per heavy atom. The van der Waals surface area contributed by atoms with Crippen LogP contribution in [0.1, 0.15) is 25.3 Å². The number of urea groups is 1. The first-order chi connectivity index (χ1) is 9.49. The highest BCUT2D eigenvalue weighted by Crippen LogP contribution is 2.34. The van der Waals surface area contributed by atoms with Crippen molar-refractivity contribution in [1.29, 1.82) is 0 Å². The summed E-state index contributed by atoms with van der Waals surface area (Å²) in [4.78, 5) is 13.6. The average molecular weight is 282 g/mol. The van der Waals surface area contributed by atoms with Gasteiger partial charge >= 0.3 is 6.03 Å². The van der Waals surface area contributed by atoms with Crippen LogP contribution >= 0.6 is 0 Å². The third kappa shape index (κ3) is 3.68. The summed E-state index contributed by atoms with van der Waals surface area (Å²) >= 11 is 0. The summed E-state index contributed by atoms with van der Waals surface area (Å²) in [5, 5.41) is 2.74. The molecule has 1 aliphatic rings. The van der Waals surface area contributed by atoms with Crippen LogP contribution in [-0.4, -0.2) is 30.6 Å². The summed E-state index contributed by atoms with van der Waals surface area (Å²) in [7, 11) is 1.76. The molecule has 0 radical (unpaired) electrons. The molecule has 0 spiro atoms. The number of carbonyl (C=O) groups is 1. The molecule has 110 valence electrons. The maximum atomic E-state index is 13.4. The summed E-state index contributed by atoms with van der Waals surface area (Å²) < 4.78 is 26.4. The van der Waals surface area contributed by atoms with E-state index in [1.54, 1.807) is 11.9 Å². The Balaban J connectivity index is 1.80. The van der Waals surface area contributed by atoms with Crippen molar-refractivity contribution in [2.45, 2.75) is 32.2 Å². The van der Waals surface area contributed by atoms with Gasteiger partial charge in [-0.05, 0) is 55.9 Å². The molecular formula is C15H20F2N2O. The molecule has 0 unspecified atom stereocenters. The van der Waals surface area contributed by atoms with Gasteiger partial charge in [-0.25, -0.2) is 13.6 Å². The van der Waals surface area contributed by atoms with Gasteiger partial charge in [-0.1, -0.05) is 0 Å². The number of benzene rings is 1. The van der Waals surface area contributed by atoms with E-state index in [-0.39, 0.29) is 24.1 Å². The molecule has 5 heteroatoms. The number of rotatable bonds is 5. The van der Waals surface area contributed by atoms with E-state index in [4.69, 9.17) is 0 Å². The van der Waals surface area contributed by atoms with Gasteiger partial charge in [0.05, 0.1) is 0 Å². The van der Waals surface area contributed by atoms with Crippen molar-refractivity contribution >= 4 is 6.03 Å². The van der Waals surface area contributed by atoms with Gasteiger partial charge in [0.1, 0.15) is 11.6 Å². The minimum absolute atomic E-state index is 0.166. The monoisotopic (exact) mass is 282 g/mol. The number of hydrogen-bond acceptors (Lipinski definition) is 1. The lowest BCUT2D eigenvalue weighted by atomic mass is 10.1. The fourth-order valence-corrected chi connectivity index (χ4v) is 2.24. The van der Waals surface area contributed by atoms with E-state index in [9.17, 15) is 13.6 Å². The van der Waals surface area contributed by atoms with Gasteiger partial charge in [-0.2, -0.15) is 0 Å². The smallest absolute Gasteiger partial charge is 0.317 e. The van der Waals surface area contributed by atoms with Crippen molar-refractivity contribution in [3.63, 3.8) is 0 Å². The van der Waals surface area contributed by atoms with E-state index in [2.05, 4.69) is 5.32 Å². The lowest BCUT2D eigenvalue weighted by Crippen LogP contribution is -2.43. The first-order valence-electron chi connectivity index (χ1n) is 6.93. The van der Waals surface area contributed by atoms with Gasteiger partial charge in [-0.3, -0.25) is 0 Å². The highest BCUT2D eigenvalue weighted by atomic mass is 19.1. The average Bonchev–Trinajstić information content (AvgIpc) is 3.25. The van der Waals surface area contributed by atoms with Gasteiger partial charge in [0.25, 0.3) is 0 Å². The van der Waals surface area contributed by atoms with E-state index in [0.717, 1.165) is 18.2 Å². The Bertz CT molecular complexity index is 489. The largest absolute Gasteiger partial charge is 0.338 e. The minimum Gasteiger partial charge on any atom is -0.338 e. The molecule has 0 aliphatic heterocycles. The Morgan fingerprint density at radius 1 is 1.45 bits per heavy atom. The topological polar surface area (TPSA) is 32.3 Å². The molecule has 1 saturated carbocycles. The van der Waals surface area contributed by atoms with E-state index >= 15 is 0 Å². The fourth-order valence-electron chi connectivity index (χ4n) is 2.24. The van der Waals surface area contributed by atoms with Crippen LogP contribution in [0.5, 0.6) is 0 Å². The number of hydrogen-bond donors (Lipinski definition) is 1. The molecule has 1 N–H and O–H groups in total. The molecular weight excluding hydrogens is 262 g/mol. The van der Waals surface area contributed by atoms with Crippen molar-refractivity contribution in [3.8, 4) is 0 Å². The predicted molar refractivity (Wildman–Crippen MR) is 73.4 cm³/mol. The van der Waals surface area contributed by atoms with E-state index in [1.165, 1.54) is 12.8 Å². The van der Waals surface area contributed by atoms with E-state index in [0.29, 0.717) is 12.5 Å². The fraction of sp³-hybridized carbons (Fsp3) is 0.533.